The second-order valence-corrected chi connectivity index (χ2v) is 3.36. The summed E-state index contributed by atoms with van der Waals surface area (Å²) in [7, 11) is 1.26. The second kappa shape index (κ2) is 5.83. The third kappa shape index (κ3) is 3.44. The Morgan fingerprint density at radius 3 is 2.82 bits per heavy atom. The predicted octanol–water partition coefficient (Wildman–Crippen LogP) is 1.14. The Hall–Kier alpha value is -2.11. The van der Waals surface area contributed by atoms with Crippen LogP contribution >= 0.6 is 0 Å². The molecule has 0 saturated heterocycles. The van der Waals surface area contributed by atoms with Crippen molar-refractivity contribution in [1.29, 1.82) is 0 Å². The number of aliphatic carboxylic acids is 1. The molecule has 1 aromatic heterocycles. The van der Waals surface area contributed by atoms with E-state index in [4.69, 9.17) is 5.11 Å². The number of carbonyl (C=O) groups excluding carboxylic acids is 1. The lowest BCUT2D eigenvalue weighted by atomic mass is 10.2. The molecule has 0 bridgehead atoms. The van der Waals surface area contributed by atoms with Crippen LogP contribution in [-0.4, -0.2) is 35.2 Å². The highest BCUT2D eigenvalue weighted by molar-refractivity contribution is 5.88. The van der Waals surface area contributed by atoms with E-state index in [-0.39, 0.29) is 5.69 Å². The van der Waals surface area contributed by atoms with E-state index in [1.807, 2.05) is 0 Å². The molecular weight excluding hydrogens is 224 g/mol. The van der Waals surface area contributed by atoms with Crippen LogP contribution in [0.2, 0.25) is 0 Å². The molecule has 0 aliphatic rings. The lowest BCUT2D eigenvalue weighted by molar-refractivity contribution is -0.137. The molecule has 1 rings (SSSR count). The fourth-order valence-corrected chi connectivity index (χ4v) is 1.28. The van der Waals surface area contributed by atoms with Gasteiger partial charge in [-0.1, -0.05) is 6.92 Å². The van der Waals surface area contributed by atoms with E-state index in [1.165, 1.54) is 19.4 Å². The molecule has 1 atom stereocenters. The average molecular weight is 238 g/mol. The molecule has 92 valence electrons. The number of anilines is 1. The van der Waals surface area contributed by atoms with E-state index in [9.17, 15) is 9.59 Å². The third-order valence-corrected chi connectivity index (χ3v) is 2.20. The van der Waals surface area contributed by atoms with E-state index >= 15 is 0 Å². The van der Waals surface area contributed by atoms with E-state index in [0.29, 0.717) is 12.1 Å². The molecule has 1 aromatic rings. The van der Waals surface area contributed by atoms with Crippen LogP contribution in [-0.2, 0) is 9.53 Å². The Balaban J connectivity index is 2.85. The molecular formula is C11H14N2O4. The largest absolute Gasteiger partial charge is 0.480 e. The maximum absolute atomic E-state index is 11.2. The summed E-state index contributed by atoms with van der Waals surface area (Å²) in [6, 6.07) is 2.36. The first-order valence-corrected chi connectivity index (χ1v) is 5.12. The molecule has 6 heteroatoms. The van der Waals surface area contributed by atoms with Crippen molar-refractivity contribution in [1.82, 2.24) is 4.98 Å². The Bertz CT molecular complexity index is 420. The number of ether oxygens (including phenoxy) is 1. The quantitative estimate of drug-likeness (QED) is 0.748. The number of methoxy groups -OCH3 is 1. The minimum Gasteiger partial charge on any atom is -0.480 e. The molecule has 1 unspecified atom stereocenters. The number of nitrogens with zero attached hydrogens (tertiary/aromatic N) is 1. The smallest absolute Gasteiger partial charge is 0.356 e. The minimum absolute atomic E-state index is 0.137. The standard InChI is InChI=1S/C11H14N2O4/c1-3-8(10(14)15)13-7-4-5-12-9(6-7)11(16)17-2/h4-6,8H,3H2,1-2H3,(H,12,13)(H,14,15). The summed E-state index contributed by atoms with van der Waals surface area (Å²) in [6.45, 7) is 1.76. The summed E-state index contributed by atoms with van der Waals surface area (Å²) in [6.07, 6.45) is 1.86. The van der Waals surface area contributed by atoms with Crippen molar-refractivity contribution in [2.75, 3.05) is 12.4 Å². The lowest BCUT2D eigenvalue weighted by Gasteiger charge is -2.13. The van der Waals surface area contributed by atoms with Gasteiger partial charge in [-0.25, -0.2) is 14.6 Å². The molecule has 0 saturated carbocycles. The van der Waals surface area contributed by atoms with Gasteiger partial charge in [0.05, 0.1) is 7.11 Å². The zero-order chi connectivity index (χ0) is 12.8. The maximum Gasteiger partial charge on any atom is 0.356 e. The van der Waals surface area contributed by atoms with Gasteiger partial charge in [-0.15, -0.1) is 0 Å². The molecule has 0 aliphatic heterocycles. The van der Waals surface area contributed by atoms with E-state index in [0.717, 1.165) is 0 Å². The predicted molar refractivity (Wildman–Crippen MR) is 60.9 cm³/mol. The molecule has 0 radical (unpaired) electrons. The van der Waals surface area contributed by atoms with Crippen LogP contribution in [0.3, 0.4) is 0 Å². The van der Waals surface area contributed by atoms with Gasteiger partial charge in [0.15, 0.2) is 0 Å². The molecule has 0 spiro atoms. The lowest BCUT2D eigenvalue weighted by Crippen LogP contribution is -2.28. The van der Waals surface area contributed by atoms with Crippen molar-refractivity contribution in [2.24, 2.45) is 0 Å². The van der Waals surface area contributed by atoms with Gasteiger partial charge < -0.3 is 15.2 Å². The molecule has 6 nitrogen and oxygen atoms in total. The molecule has 0 fully saturated rings. The Morgan fingerprint density at radius 2 is 2.29 bits per heavy atom. The maximum atomic E-state index is 11.2. The first-order chi connectivity index (χ1) is 8.08. The van der Waals surface area contributed by atoms with Gasteiger partial charge in [0, 0.05) is 11.9 Å². The van der Waals surface area contributed by atoms with Crippen LogP contribution in [0, 0.1) is 0 Å². The van der Waals surface area contributed by atoms with Crippen LogP contribution in [0.25, 0.3) is 0 Å². The minimum atomic E-state index is -0.941. The van der Waals surface area contributed by atoms with Crippen molar-refractivity contribution in [2.45, 2.75) is 19.4 Å². The summed E-state index contributed by atoms with van der Waals surface area (Å²) in [5.74, 6) is -1.50. The van der Waals surface area contributed by atoms with Gasteiger partial charge in [-0.2, -0.15) is 0 Å². The van der Waals surface area contributed by atoms with E-state index in [2.05, 4.69) is 15.0 Å². The number of rotatable bonds is 5. The van der Waals surface area contributed by atoms with Crippen LogP contribution in [0.15, 0.2) is 18.3 Å². The van der Waals surface area contributed by atoms with Gasteiger partial charge in [-0.05, 0) is 18.6 Å². The van der Waals surface area contributed by atoms with Gasteiger partial charge in [0.25, 0.3) is 0 Å². The highest BCUT2D eigenvalue weighted by atomic mass is 16.5. The molecule has 0 aliphatic carbocycles. The summed E-state index contributed by atoms with van der Waals surface area (Å²) in [5.41, 5.74) is 0.660. The zero-order valence-corrected chi connectivity index (χ0v) is 9.64. The molecule has 0 amide bonds. The van der Waals surface area contributed by atoms with Crippen LogP contribution in [0.5, 0.6) is 0 Å². The number of esters is 1. The van der Waals surface area contributed by atoms with E-state index < -0.39 is 18.0 Å². The normalized spacial score (nSPS) is 11.6. The number of pyridine rings is 1. The number of hydrogen-bond acceptors (Lipinski definition) is 5. The summed E-state index contributed by atoms with van der Waals surface area (Å²) in [5, 5.41) is 11.7. The zero-order valence-electron chi connectivity index (χ0n) is 9.64. The van der Waals surface area contributed by atoms with Crippen molar-refractivity contribution in [3.8, 4) is 0 Å². The fraction of sp³-hybridized carbons (Fsp3) is 0.364. The van der Waals surface area contributed by atoms with Crippen molar-refractivity contribution < 1.29 is 19.4 Å². The number of carboxylic acids is 1. The summed E-state index contributed by atoms with van der Waals surface area (Å²) < 4.78 is 4.52. The number of nitrogens with one attached hydrogen (secondary N) is 1. The monoisotopic (exact) mass is 238 g/mol. The number of carboxylic acid groups (broad SMARTS) is 1. The van der Waals surface area contributed by atoms with Gasteiger partial charge in [-0.3, -0.25) is 0 Å². The molecule has 2 N–H and O–H groups in total. The number of aromatic nitrogens is 1. The average Bonchev–Trinajstić information content (AvgIpc) is 2.34. The van der Waals surface area contributed by atoms with Crippen LogP contribution < -0.4 is 5.32 Å². The Labute approximate surface area is 98.6 Å². The van der Waals surface area contributed by atoms with E-state index in [1.54, 1.807) is 13.0 Å². The number of hydrogen-bond donors (Lipinski definition) is 2. The highest BCUT2D eigenvalue weighted by Crippen LogP contribution is 2.11. The fourth-order valence-electron chi connectivity index (χ4n) is 1.28. The van der Waals surface area contributed by atoms with Gasteiger partial charge in [0.2, 0.25) is 0 Å². The van der Waals surface area contributed by atoms with Crippen molar-refractivity contribution in [3.05, 3.63) is 24.0 Å². The first-order valence-electron chi connectivity index (χ1n) is 5.12. The molecule has 0 aromatic carbocycles. The first kappa shape index (κ1) is 13.0. The second-order valence-electron chi connectivity index (χ2n) is 3.36. The van der Waals surface area contributed by atoms with Crippen LogP contribution in [0.1, 0.15) is 23.8 Å². The van der Waals surface area contributed by atoms with Crippen molar-refractivity contribution >= 4 is 17.6 Å². The molecule has 1 heterocycles. The molecule has 17 heavy (non-hydrogen) atoms. The Morgan fingerprint density at radius 1 is 1.59 bits per heavy atom. The topological polar surface area (TPSA) is 88.5 Å². The van der Waals surface area contributed by atoms with Gasteiger partial charge >= 0.3 is 11.9 Å². The Kier molecular flexibility index (Phi) is 4.45. The SMILES string of the molecule is CCC(Nc1ccnc(C(=O)OC)c1)C(=O)O. The van der Waals surface area contributed by atoms with Crippen LogP contribution in [0.4, 0.5) is 5.69 Å². The summed E-state index contributed by atoms with van der Waals surface area (Å²) in [4.78, 5) is 25.9. The number of carbonyl (C=O) groups is 2. The van der Waals surface area contributed by atoms with Gasteiger partial charge in [0.1, 0.15) is 11.7 Å². The van der Waals surface area contributed by atoms with Crippen molar-refractivity contribution in [3.63, 3.8) is 0 Å². The highest BCUT2D eigenvalue weighted by Gasteiger charge is 2.15. The summed E-state index contributed by atoms with van der Waals surface area (Å²) >= 11 is 0. The third-order valence-electron chi connectivity index (χ3n) is 2.20.